The van der Waals surface area contributed by atoms with Gasteiger partial charge in [0, 0.05) is 13.9 Å². The van der Waals surface area contributed by atoms with Crippen molar-refractivity contribution < 1.29 is 9.31 Å². The van der Waals surface area contributed by atoms with Gasteiger partial charge < -0.3 is 9.31 Å². The van der Waals surface area contributed by atoms with Crippen LogP contribution in [0.25, 0.3) is 11.0 Å². The van der Waals surface area contributed by atoms with Crippen molar-refractivity contribution >= 4 is 52.1 Å². The molecule has 0 radical (unpaired) electrons. The second kappa shape index (κ2) is 6.59. The summed E-state index contributed by atoms with van der Waals surface area (Å²) in [7, 11) is -0.357. The zero-order chi connectivity index (χ0) is 17.5. The smallest absolute Gasteiger partial charge is 0.399 e. The third-order valence-corrected chi connectivity index (χ3v) is 6.80. The van der Waals surface area contributed by atoms with Crippen molar-refractivity contribution in [1.29, 1.82) is 0 Å². The van der Waals surface area contributed by atoms with Crippen LogP contribution in [-0.4, -0.2) is 18.3 Å². The van der Waals surface area contributed by atoms with Crippen molar-refractivity contribution in [2.75, 3.05) is 0 Å². The highest BCUT2D eigenvalue weighted by molar-refractivity contribution is 14.1. The summed E-state index contributed by atoms with van der Waals surface area (Å²) >= 11 is 4.12. The predicted molar refractivity (Wildman–Crippen MR) is 112 cm³/mol. The van der Waals surface area contributed by atoms with E-state index >= 15 is 0 Å². The molecule has 1 saturated heterocycles. The van der Waals surface area contributed by atoms with E-state index in [0.717, 1.165) is 5.47 Å². The summed E-state index contributed by atoms with van der Waals surface area (Å²) in [6.07, 6.45) is 0. The fraction of sp³-hybridized carbons (Fsp3) is 0.368. The van der Waals surface area contributed by atoms with Crippen molar-refractivity contribution in [2.45, 2.75) is 45.8 Å². The van der Waals surface area contributed by atoms with Gasteiger partial charge >= 0.3 is 7.12 Å². The van der Waals surface area contributed by atoms with Gasteiger partial charge in [0.15, 0.2) is 0 Å². The number of allylic oxidation sites excluding steroid dienone is 1. The van der Waals surface area contributed by atoms with Crippen LogP contribution in [0.5, 0.6) is 0 Å². The largest absolute Gasteiger partial charge is 0.496 e. The van der Waals surface area contributed by atoms with E-state index in [1.807, 2.05) is 0 Å². The lowest BCUT2D eigenvalue weighted by atomic mass is 9.73. The van der Waals surface area contributed by atoms with Crippen molar-refractivity contribution in [3.63, 3.8) is 0 Å². The maximum atomic E-state index is 6.36. The lowest BCUT2D eigenvalue weighted by Gasteiger charge is -2.32. The fourth-order valence-corrected chi connectivity index (χ4v) is 4.41. The monoisotopic (exact) mass is 452 g/mol. The van der Waals surface area contributed by atoms with Gasteiger partial charge in [-0.2, -0.15) is 0 Å². The van der Waals surface area contributed by atoms with E-state index in [1.165, 1.54) is 19.6 Å². The first-order valence-corrected chi connectivity index (χ1v) is 10.0. The van der Waals surface area contributed by atoms with Gasteiger partial charge in [0.2, 0.25) is 0 Å². The van der Waals surface area contributed by atoms with E-state index in [4.69, 9.17) is 9.31 Å². The number of halogens is 1. The Morgan fingerprint density at radius 3 is 2.17 bits per heavy atom. The highest BCUT2D eigenvalue weighted by atomic mass is 127. The minimum atomic E-state index is -0.357. The van der Waals surface area contributed by atoms with E-state index in [0.29, 0.717) is 0 Å². The Labute approximate surface area is 162 Å². The van der Waals surface area contributed by atoms with Gasteiger partial charge in [-0.05, 0) is 85.9 Å². The molecule has 1 aromatic carbocycles. The van der Waals surface area contributed by atoms with Gasteiger partial charge in [-0.25, -0.2) is 0 Å². The number of thiophene rings is 1. The lowest BCUT2D eigenvalue weighted by Crippen LogP contribution is -2.41. The van der Waals surface area contributed by atoms with Crippen LogP contribution in [0.4, 0.5) is 0 Å². The second-order valence-electron chi connectivity index (χ2n) is 7.08. The maximum absolute atomic E-state index is 6.36. The average Bonchev–Trinajstić information content (AvgIpc) is 3.07. The number of hydrogen-bond acceptors (Lipinski definition) is 3. The van der Waals surface area contributed by atoms with Gasteiger partial charge in [0.25, 0.3) is 0 Å². The predicted octanol–water partition coefficient (Wildman–Crippen LogP) is 5.91. The SMILES string of the molecule is C/C(=C(/B1OC(C)(C)C(C)(C)O1)c1cccs1)c1ccccc1I. The van der Waals surface area contributed by atoms with E-state index < -0.39 is 0 Å². The summed E-state index contributed by atoms with van der Waals surface area (Å²) < 4.78 is 13.9. The standard InChI is InChI=1S/C19H22BIO2S/c1-13(14-9-6-7-10-15(14)21)17(16-11-8-12-24-16)20-22-18(2,3)19(4,5)23-20/h6-12H,1-5H3/b17-13-. The first-order chi connectivity index (χ1) is 11.2. The Balaban J connectivity index is 2.13. The Morgan fingerprint density at radius 1 is 1.00 bits per heavy atom. The molecule has 3 rings (SSSR count). The molecule has 1 aromatic heterocycles. The van der Waals surface area contributed by atoms with Crippen molar-refractivity contribution in [3.05, 3.63) is 55.8 Å². The van der Waals surface area contributed by atoms with Crippen molar-refractivity contribution in [3.8, 4) is 0 Å². The molecule has 1 aliphatic heterocycles. The Morgan fingerprint density at radius 2 is 1.62 bits per heavy atom. The molecule has 0 amide bonds. The molecule has 0 bridgehead atoms. The zero-order valence-corrected chi connectivity index (χ0v) is 17.7. The third kappa shape index (κ3) is 3.23. The minimum Gasteiger partial charge on any atom is -0.399 e. The molecule has 0 saturated carbocycles. The molecule has 24 heavy (non-hydrogen) atoms. The molecule has 2 heterocycles. The van der Waals surface area contributed by atoms with Crippen LogP contribution in [0.15, 0.2) is 41.8 Å². The summed E-state index contributed by atoms with van der Waals surface area (Å²) in [5.41, 5.74) is 2.89. The summed E-state index contributed by atoms with van der Waals surface area (Å²) in [5.74, 6) is 0. The minimum absolute atomic E-state index is 0.343. The Bertz CT molecular complexity index is 749. The van der Waals surface area contributed by atoms with Gasteiger partial charge in [-0.1, -0.05) is 24.3 Å². The molecular formula is C19H22BIO2S. The number of hydrogen-bond donors (Lipinski definition) is 0. The average molecular weight is 452 g/mol. The molecule has 0 N–H and O–H groups in total. The lowest BCUT2D eigenvalue weighted by molar-refractivity contribution is 0.00578. The second-order valence-corrected chi connectivity index (χ2v) is 9.19. The molecule has 0 atom stereocenters. The highest BCUT2D eigenvalue weighted by Gasteiger charge is 2.53. The molecule has 2 aromatic rings. The van der Waals surface area contributed by atoms with Crippen LogP contribution in [-0.2, 0) is 9.31 Å². The first kappa shape index (κ1) is 18.2. The molecule has 2 nitrogen and oxygen atoms in total. The summed E-state index contributed by atoms with van der Waals surface area (Å²) in [6.45, 7) is 10.6. The van der Waals surface area contributed by atoms with Crippen LogP contribution < -0.4 is 0 Å². The van der Waals surface area contributed by atoms with Crippen LogP contribution in [0, 0.1) is 3.57 Å². The molecule has 0 spiro atoms. The van der Waals surface area contributed by atoms with Crippen LogP contribution in [0.1, 0.15) is 45.1 Å². The van der Waals surface area contributed by atoms with Crippen LogP contribution >= 0.6 is 33.9 Å². The molecule has 126 valence electrons. The van der Waals surface area contributed by atoms with Crippen LogP contribution in [0.3, 0.4) is 0 Å². The Kier molecular flexibility index (Phi) is 4.99. The van der Waals surface area contributed by atoms with Crippen molar-refractivity contribution in [1.82, 2.24) is 0 Å². The molecule has 5 heteroatoms. The number of rotatable bonds is 3. The van der Waals surface area contributed by atoms with E-state index in [1.54, 1.807) is 11.3 Å². The quantitative estimate of drug-likeness (QED) is 0.426. The normalized spacial score (nSPS) is 20.2. The van der Waals surface area contributed by atoms with Gasteiger partial charge in [-0.3, -0.25) is 0 Å². The van der Waals surface area contributed by atoms with Crippen LogP contribution in [0.2, 0.25) is 0 Å². The van der Waals surface area contributed by atoms with Gasteiger partial charge in [-0.15, -0.1) is 11.3 Å². The first-order valence-electron chi connectivity index (χ1n) is 8.08. The Hall–Kier alpha value is -0.625. The maximum Gasteiger partial charge on any atom is 0.496 e. The topological polar surface area (TPSA) is 18.5 Å². The third-order valence-electron chi connectivity index (χ3n) is 4.96. The van der Waals surface area contributed by atoms with E-state index in [9.17, 15) is 0 Å². The zero-order valence-electron chi connectivity index (χ0n) is 14.7. The fourth-order valence-electron chi connectivity index (χ4n) is 2.78. The molecular weight excluding hydrogens is 430 g/mol. The van der Waals surface area contributed by atoms with E-state index in [2.05, 4.69) is 99.0 Å². The number of benzene rings is 1. The van der Waals surface area contributed by atoms with Gasteiger partial charge in [0.05, 0.1) is 11.2 Å². The molecule has 1 fully saturated rings. The summed E-state index contributed by atoms with van der Waals surface area (Å²) in [6, 6.07) is 12.7. The van der Waals surface area contributed by atoms with E-state index in [-0.39, 0.29) is 18.3 Å². The molecule has 1 aliphatic rings. The van der Waals surface area contributed by atoms with Crippen molar-refractivity contribution in [2.24, 2.45) is 0 Å². The van der Waals surface area contributed by atoms with Gasteiger partial charge in [0.1, 0.15) is 0 Å². The summed E-state index contributed by atoms with van der Waals surface area (Å²) in [5, 5.41) is 2.10. The molecule has 0 aliphatic carbocycles. The highest BCUT2D eigenvalue weighted by Crippen LogP contribution is 2.43. The molecule has 0 unspecified atom stereocenters. The summed E-state index contributed by atoms with van der Waals surface area (Å²) in [4.78, 5) is 1.20.